The number of aliphatic hydroxyl groups excluding tert-OH is 1. The lowest BCUT2D eigenvalue weighted by molar-refractivity contribution is 0.234. The van der Waals surface area contributed by atoms with E-state index in [-0.39, 0.29) is 12.6 Å². The van der Waals surface area contributed by atoms with E-state index in [1.54, 1.807) is 0 Å². The molecule has 58 valence electrons. The Morgan fingerprint density at radius 1 is 1.70 bits per heavy atom. The summed E-state index contributed by atoms with van der Waals surface area (Å²) in [4.78, 5) is 0. The number of nitrogens with two attached hydrogens (primary N) is 1. The van der Waals surface area contributed by atoms with Gasteiger partial charge in [0.05, 0.1) is 6.61 Å². The van der Waals surface area contributed by atoms with Crippen LogP contribution in [-0.4, -0.2) is 17.8 Å². The van der Waals surface area contributed by atoms with Gasteiger partial charge in [-0.05, 0) is 25.2 Å². The first kappa shape index (κ1) is 7.76. The fourth-order valence-electron chi connectivity index (χ4n) is 1.33. The van der Waals surface area contributed by atoms with Gasteiger partial charge in [0.15, 0.2) is 0 Å². The third kappa shape index (κ3) is 1.82. The fourth-order valence-corrected chi connectivity index (χ4v) is 1.33. The molecule has 0 aliphatic heterocycles. The molecule has 0 saturated carbocycles. The van der Waals surface area contributed by atoms with Gasteiger partial charge in [-0.3, -0.25) is 0 Å². The first-order valence-electron chi connectivity index (χ1n) is 3.87. The van der Waals surface area contributed by atoms with Crippen molar-refractivity contribution in [2.75, 3.05) is 6.61 Å². The first-order valence-corrected chi connectivity index (χ1v) is 3.87. The Labute approximate surface area is 61.7 Å². The predicted octanol–water partition coefficient (Wildman–Crippen LogP) is 0.662. The zero-order valence-corrected chi connectivity index (χ0v) is 6.16. The van der Waals surface area contributed by atoms with Crippen LogP contribution in [0.2, 0.25) is 0 Å². The molecule has 1 aliphatic rings. The van der Waals surface area contributed by atoms with Crippen molar-refractivity contribution in [3.8, 4) is 0 Å². The van der Waals surface area contributed by atoms with E-state index in [1.165, 1.54) is 12.8 Å². The number of rotatable bonds is 2. The van der Waals surface area contributed by atoms with Crippen molar-refractivity contribution >= 4 is 0 Å². The van der Waals surface area contributed by atoms with Crippen molar-refractivity contribution in [2.24, 2.45) is 11.7 Å². The summed E-state index contributed by atoms with van der Waals surface area (Å²) < 4.78 is 0. The summed E-state index contributed by atoms with van der Waals surface area (Å²) in [6.45, 7) is 0.106. The largest absolute Gasteiger partial charge is 0.395 e. The Kier molecular flexibility index (Phi) is 2.90. The maximum absolute atomic E-state index is 8.73. The molecule has 3 N–H and O–H groups in total. The van der Waals surface area contributed by atoms with Gasteiger partial charge in [0.1, 0.15) is 0 Å². The second-order valence-electron chi connectivity index (χ2n) is 2.87. The van der Waals surface area contributed by atoms with Gasteiger partial charge in [-0.1, -0.05) is 12.2 Å². The average molecular weight is 141 g/mol. The molecule has 0 fully saturated rings. The highest BCUT2D eigenvalue weighted by Gasteiger charge is 2.14. The lowest BCUT2D eigenvalue weighted by atomic mass is 9.90. The van der Waals surface area contributed by atoms with Crippen LogP contribution in [0.4, 0.5) is 0 Å². The van der Waals surface area contributed by atoms with Gasteiger partial charge in [0, 0.05) is 6.04 Å². The van der Waals surface area contributed by atoms with Crippen molar-refractivity contribution in [3.63, 3.8) is 0 Å². The molecule has 1 aliphatic carbocycles. The molecule has 0 aromatic carbocycles. The third-order valence-corrected chi connectivity index (χ3v) is 2.05. The van der Waals surface area contributed by atoms with Crippen molar-refractivity contribution < 1.29 is 5.11 Å². The summed E-state index contributed by atoms with van der Waals surface area (Å²) in [5.74, 6) is 0.416. The van der Waals surface area contributed by atoms with Crippen molar-refractivity contribution in [2.45, 2.75) is 25.3 Å². The Morgan fingerprint density at radius 3 is 3.00 bits per heavy atom. The van der Waals surface area contributed by atoms with E-state index in [0.29, 0.717) is 5.92 Å². The van der Waals surface area contributed by atoms with Crippen LogP contribution < -0.4 is 5.73 Å². The van der Waals surface area contributed by atoms with Crippen LogP contribution in [-0.2, 0) is 0 Å². The van der Waals surface area contributed by atoms with E-state index in [2.05, 4.69) is 12.2 Å². The average Bonchev–Trinajstić information content (AvgIpc) is 2.05. The van der Waals surface area contributed by atoms with Crippen molar-refractivity contribution in [1.29, 1.82) is 0 Å². The molecule has 0 aromatic rings. The van der Waals surface area contributed by atoms with Crippen LogP contribution in [0.3, 0.4) is 0 Å². The Balaban J connectivity index is 2.38. The van der Waals surface area contributed by atoms with Gasteiger partial charge < -0.3 is 10.8 Å². The minimum absolute atomic E-state index is 0.0449. The molecule has 2 unspecified atom stereocenters. The van der Waals surface area contributed by atoms with E-state index in [9.17, 15) is 0 Å². The van der Waals surface area contributed by atoms with Crippen molar-refractivity contribution in [3.05, 3.63) is 12.2 Å². The van der Waals surface area contributed by atoms with Gasteiger partial charge in [-0.2, -0.15) is 0 Å². The molecule has 2 heteroatoms. The smallest absolute Gasteiger partial charge is 0.0588 e. The normalized spacial score (nSPS) is 28.4. The van der Waals surface area contributed by atoms with E-state index >= 15 is 0 Å². The molecule has 0 amide bonds. The molecule has 2 nitrogen and oxygen atoms in total. The zero-order valence-electron chi connectivity index (χ0n) is 6.16. The highest BCUT2D eigenvalue weighted by molar-refractivity contribution is 4.96. The van der Waals surface area contributed by atoms with Gasteiger partial charge in [0.25, 0.3) is 0 Å². The molecular weight excluding hydrogens is 126 g/mol. The standard InChI is InChI=1S/C8H15NO/c9-8(6-10)7-4-2-1-3-5-7/h2,4,7-8,10H,1,3,5-6,9H2. The zero-order chi connectivity index (χ0) is 7.40. The molecule has 0 aromatic heterocycles. The highest BCUT2D eigenvalue weighted by atomic mass is 16.3. The number of hydrogen-bond acceptors (Lipinski definition) is 2. The second kappa shape index (κ2) is 3.74. The number of aliphatic hydroxyl groups is 1. The molecule has 1 rings (SSSR count). The monoisotopic (exact) mass is 141 g/mol. The molecule has 0 spiro atoms. The summed E-state index contributed by atoms with van der Waals surface area (Å²) in [5, 5.41) is 8.73. The number of allylic oxidation sites excluding steroid dienone is 1. The Morgan fingerprint density at radius 2 is 2.50 bits per heavy atom. The van der Waals surface area contributed by atoms with Gasteiger partial charge in [-0.15, -0.1) is 0 Å². The molecule has 0 bridgehead atoms. The topological polar surface area (TPSA) is 46.2 Å². The molecule has 0 radical (unpaired) electrons. The summed E-state index contributed by atoms with van der Waals surface area (Å²) in [5.41, 5.74) is 5.65. The summed E-state index contributed by atoms with van der Waals surface area (Å²) in [6, 6.07) is -0.0449. The molecule has 0 heterocycles. The third-order valence-electron chi connectivity index (χ3n) is 2.05. The van der Waals surface area contributed by atoms with Crippen LogP contribution in [0.1, 0.15) is 19.3 Å². The quantitative estimate of drug-likeness (QED) is 0.555. The van der Waals surface area contributed by atoms with Gasteiger partial charge >= 0.3 is 0 Å². The minimum Gasteiger partial charge on any atom is -0.395 e. The maximum atomic E-state index is 8.73. The number of hydrogen-bond donors (Lipinski definition) is 2. The maximum Gasteiger partial charge on any atom is 0.0588 e. The van der Waals surface area contributed by atoms with Crippen LogP contribution in [0, 0.1) is 5.92 Å². The van der Waals surface area contributed by atoms with Crippen LogP contribution in [0.15, 0.2) is 12.2 Å². The van der Waals surface area contributed by atoms with E-state index in [1.807, 2.05) is 0 Å². The molecule has 2 atom stereocenters. The predicted molar refractivity (Wildman–Crippen MR) is 41.5 cm³/mol. The highest BCUT2D eigenvalue weighted by Crippen LogP contribution is 2.18. The van der Waals surface area contributed by atoms with Crippen LogP contribution in [0.5, 0.6) is 0 Å². The Hall–Kier alpha value is -0.340. The van der Waals surface area contributed by atoms with Crippen molar-refractivity contribution in [1.82, 2.24) is 0 Å². The minimum atomic E-state index is -0.0449. The van der Waals surface area contributed by atoms with Crippen LogP contribution >= 0.6 is 0 Å². The summed E-state index contributed by atoms with van der Waals surface area (Å²) in [7, 11) is 0. The lowest BCUT2D eigenvalue weighted by Gasteiger charge is -2.21. The SMILES string of the molecule is NC(CO)C1C=CCCC1. The fraction of sp³-hybridized carbons (Fsp3) is 0.750. The molecule has 10 heavy (non-hydrogen) atoms. The van der Waals surface area contributed by atoms with E-state index in [4.69, 9.17) is 10.8 Å². The molecular formula is C8H15NO. The van der Waals surface area contributed by atoms with E-state index in [0.717, 1.165) is 6.42 Å². The van der Waals surface area contributed by atoms with E-state index < -0.39 is 0 Å². The second-order valence-corrected chi connectivity index (χ2v) is 2.87. The lowest BCUT2D eigenvalue weighted by Crippen LogP contribution is -2.33. The summed E-state index contributed by atoms with van der Waals surface area (Å²) >= 11 is 0. The first-order chi connectivity index (χ1) is 4.84. The van der Waals surface area contributed by atoms with Crippen LogP contribution in [0.25, 0.3) is 0 Å². The van der Waals surface area contributed by atoms with Gasteiger partial charge in [-0.25, -0.2) is 0 Å². The summed E-state index contributed by atoms with van der Waals surface area (Å²) in [6.07, 6.45) is 7.82. The Bertz CT molecular complexity index is 122. The molecule has 0 saturated heterocycles. The van der Waals surface area contributed by atoms with Gasteiger partial charge in [0.2, 0.25) is 0 Å².